The first-order valence-electron chi connectivity index (χ1n) is 10.1. The van der Waals surface area contributed by atoms with Crippen molar-refractivity contribution in [2.75, 3.05) is 13.1 Å². The minimum absolute atomic E-state index is 0.150. The molecule has 1 saturated heterocycles. The zero-order chi connectivity index (χ0) is 19.6. The average Bonchev–Trinajstić information content (AvgIpc) is 3.41. The number of carbonyl (C=O) groups excluding carboxylic acids is 1. The number of benzene rings is 3. The molecule has 0 aliphatic carbocycles. The third-order valence-corrected chi connectivity index (χ3v) is 5.59. The van der Waals surface area contributed by atoms with E-state index in [1.807, 2.05) is 58.0 Å². The van der Waals surface area contributed by atoms with E-state index in [0.29, 0.717) is 13.2 Å². The van der Waals surface area contributed by atoms with E-state index in [1.54, 1.807) is 0 Å². The van der Waals surface area contributed by atoms with Crippen molar-refractivity contribution < 1.29 is 9.53 Å². The Morgan fingerprint density at radius 1 is 0.931 bits per heavy atom. The molecule has 0 saturated carbocycles. The summed E-state index contributed by atoms with van der Waals surface area (Å²) < 4.78 is 8.18. The number of hydrogen-bond donors (Lipinski definition) is 0. The van der Waals surface area contributed by atoms with Crippen LogP contribution in [0, 0.1) is 0 Å². The largest absolute Gasteiger partial charge is 0.485 e. The third kappa shape index (κ3) is 3.44. The van der Waals surface area contributed by atoms with E-state index in [0.717, 1.165) is 59.3 Å². The predicted octanol–water partition coefficient (Wildman–Crippen LogP) is 4.39. The van der Waals surface area contributed by atoms with Crippen LogP contribution in [0.1, 0.15) is 18.7 Å². The summed E-state index contributed by atoms with van der Waals surface area (Å²) in [6.07, 6.45) is 2.18. The van der Waals surface area contributed by atoms with Gasteiger partial charge in [-0.15, -0.1) is 0 Å². The van der Waals surface area contributed by atoms with Crippen LogP contribution in [0.25, 0.3) is 21.8 Å². The maximum Gasteiger partial charge on any atom is 0.242 e. The molecule has 5 rings (SSSR count). The van der Waals surface area contributed by atoms with Gasteiger partial charge in [0.05, 0.1) is 11.0 Å². The number of rotatable bonds is 5. The van der Waals surface area contributed by atoms with Gasteiger partial charge in [0.2, 0.25) is 5.91 Å². The number of fused-ring (bicyclic) bond motifs is 2. The first kappa shape index (κ1) is 17.7. The number of likely N-dealkylation sites (tertiary alicyclic amines) is 1. The highest BCUT2D eigenvalue weighted by molar-refractivity contribution is 5.88. The SMILES string of the molecule is O=C(Cn1c(COc2cccc3ccccc23)nc2ccccc21)N1CCCC1. The minimum Gasteiger partial charge on any atom is -0.485 e. The number of para-hydroxylation sites is 2. The standard InChI is InChI=1S/C24H23N3O2/c28-24(26-14-5-6-15-26)16-27-21-12-4-3-11-20(21)25-23(27)17-29-22-13-7-9-18-8-1-2-10-19(18)22/h1-4,7-13H,5-6,14-17H2. The molecule has 0 atom stereocenters. The molecule has 146 valence electrons. The second-order valence-electron chi connectivity index (χ2n) is 7.46. The normalized spacial score (nSPS) is 14.0. The molecule has 1 aliphatic heterocycles. The third-order valence-electron chi connectivity index (χ3n) is 5.59. The molecular weight excluding hydrogens is 362 g/mol. The monoisotopic (exact) mass is 385 g/mol. The fourth-order valence-corrected chi connectivity index (χ4v) is 4.08. The molecule has 1 amide bonds. The summed E-state index contributed by atoms with van der Waals surface area (Å²) in [4.78, 5) is 19.5. The van der Waals surface area contributed by atoms with Gasteiger partial charge in [-0.3, -0.25) is 4.79 Å². The van der Waals surface area contributed by atoms with Crippen LogP contribution < -0.4 is 4.74 Å². The van der Waals surface area contributed by atoms with Crippen molar-refractivity contribution in [1.82, 2.24) is 14.5 Å². The van der Waals surface area contributed by atoms with E-state index in [1.165, 1.54) is 0 Å². The van der Waals surface area contributed by atoms with Gasteiger partial charge in [-0.05, 0) is 36.4 Å². The minimum atomic E-state index is 0.150. The van der Waals surface area contributed by atoms with Crippen molar-refractivity contribution in [3.05, 3.63) is 72.6 Å². The lowest BCUT2D eigenvalue weighted by Gasteiger charge is -2.17. The number of aromatic nitrogens is 2. The van der Waals surface area contributed by atoms with Crippen LogP contribution in [-0.4, -0.2) is 33.4 Å². The quantitative estimate of drug-likeness (QED) is 0.512. The Morgan fingerprint density at radius 2 is 1.69 bits per heavy atom. The Balaban J connectivity index is 1.45. The van der Waals surface area contributed by atoms with E-state index in [-0.39, 0.29) is 5.91 Å². The molecule has 2 heterocycles. The molecule has 0 radical (unpaired) electrons. The number of carbonyl (C=O) groups is 1. The van der Waals surface area contributed by atoms with Gasteiger partial charge in [-0.25, -0.2) is 4.98 Å². The van der Waals surface area contributed by atoms with Crippen molar-refractivity contribution in [2.45, 2.75) is 26.0 Å². The Hall–Kier alpha value is -3.34. The topological polar surface area (TPSA) is 47.4 Å². The van der Waals surface area contributed by atoms with Crippen LogP contribution in [0.2, 0.25) is 0 Å². The highest BCUT2D eigenvalue weighted by atomic mass is 16.5. The van der Waals surface area contributed by atoms with E-state index in [9.17, 15) is 4.79 Å². The Kier molecular flexibility index (Phi) is 4.64. The van der Waals surface area contributed by atoms with Gasteiger partial charge in [0.15, 0.2) is 0 Å². The van der Waals surface area contributed by atoms with Crippen molar-refractivity contribution >= 4 is 27.7 Å². The maximum atomic E-state index is 12.8. The zero-order valence-electron chi connectivity index (χ0n) is 16.3. The van der Waals surface area contributed by atoms with E-state index in [4.69, 9.17) is 9.72 Å². The number of nitrogens with zero attached hydrogens (tertiary/aromatic N) is 3. The summed E-state index contributed by atoms with van der Waals surface area (Å²) in [7, 11) is 0. The first-order chi connectivity index (χ1) is 14.3. The summed E-state index contributed by atoms with van der Waals surface area (Å²) >= 11 is 0. The van der Waals surface area contributed by atoms with Gasteiger partial charge in [-0.1, -0.05) is 48.5 Å². The lowest BCUT2D eigenvalue weighted by atomic mass is 10.1. The first-order valence-corrected chi connectivity index (χ1v) is 10.1. The number of hydrogen-bond acceptors (Lipinski definition) is 3. The zero-order valence-corrected chi connectivity index (χ0v) is 16.3. The van der Waals surface area contributed by atoms with Crippen molar-refractivity contribution in [1.29, 1.82) is 0 Å². The molecular formula is C24H23N3O2. The molecule has 3 aromatic carbocycles. The molecule has 29 heavy (non-hydrogen) atoms. The fraction of sp³-hybridized carbons (Fsp3) is 0.250. The van der Waals surface area contributed by atoms with Crippen LogP contribution in [0.4, 0.5) is 0 Å². The fourth-order valence-electron chi connectivity index (χ4n) is 4.08. The van der Waals surface area contributed by atoms with Crippen LogP contribution in [0.5, 0.6) is 5.75 Å². The number of amides is 1. The second-order valence-corrected chi connectivity index (χ2v) is 7.46. The summed E-state index contributed by atoms with van der Waals surface area (Å²) in [5.74, 6) is 1.75. The molecule has 5 nitrogen and oxygen atoms in total. The molecule has 1 aromatic heterocycles. The molecule has 1 fully saturated rings. The highest BCUT2D eigenvalue weighted by Gasteiger charge is 2.21. The number of ether oxygens (including phenoxy) is 1. The van der Waals surface area contributed by atoms with Crippen molar-refractivity contribution in [3.8, 4) is 5.75 Å². The summed E-state index contributed by atoms with van der Waals surface area (Å²) in [6, 6.07) is 22.2. The average molecular weight is 385 g/mol. The van der Waals surface area contributed by atoms with Gasteiger partial charge in [0.25, 0.3) is 0 Å². The summed E-state index contributed by atoms with van der Waals surface area (Å²) in [5, 5.41) is 2.22. The molecule has 0 unspecified atom stereocenters. The second kappa shape index (κ2) is 7.59. The van der Waals surface area contributed by atoms with Crippen LogP contribution in [-0.2, 0) is 17.9 Å². The maximum absolute atomic E-state index is 12.8. The van der Waals surface area contributed by atoms with Gasteiger partial charge in [0.1, 0.15) is 24.7 Å². The predicted molar refractivity (Wildman–Crippen MR) is 114 cm³/mol. The van der Waals surface area contributed by atoms with Crippen LogP contribution >= 0.6 is 0 Å². The van der Waals surface area contributed by atoms with E-state index < -0.39 is 0 Å². The lowest BCUT2D eigenvalue weighted by Crippen LogP contribution is -2.31. The van der Waals surface area contributed by atoms with E-state index in [2.05, 4.69) is 18.2 Å². The molecule has 5 heteroatoms. The molecule has 0 bridgehead atoms. The summed E-state index contributed by atoms with van der Waals surface area (Å²) in [6.45, 7) is 2.32. The van der Waals surface area contributed by atoms with E-state index >= 15 is 0 Å². The number of imidazole rings is 1. The Labute approximate surface area is 169 Å². The molecule has 4 aromatic rings. The van der Waals surface area contributed by atoms with Gasteiger partial charge in [-0.2, -0.15) is 0 Å². The van der Waals surface area contributed by atoms with Crippen molar-refractivity contribution in [3.63, 3.8) is 0 Å². The van der Waals surface area contributed by atoms with Crippen LogP contribution in [0.3, 0.4) is 0 Å². The van der Waals surface area contributed by atoms with Crippen LogP contribution in [0.15, 0.2) is 66.7 Å². The lowest BCUT2D eigenvalue weighted by molar-refractivity contribution is -0.130. The Bertz CT molecular complexity index is 1170. The molecule has 0 spiro atoms. The van der Waals surface area contributed by atoms with Gasteiger partial charge >= 0.3 is 0 Å². The molecule has 1 aliphatic rings. The van der Waals surface area contributed by atoms with Crippen molar-refractivity contribution in [2.24, 2.45) is 0 Å². The smallest absolute Gasteiger partial charge is 0.242 e. The Morgan fingerprint density at radius 3 is 2.59 bits per heavy atom. The molecule has 0 N–H and O–H groups in total. The van der Waals surface area contributed by atoms with Gasteiger partial charge in [0, 0.05) is 18.5 Å². The summed E-state index contributed by atoms with van der Waals surface area (Å²) in [5.41, 5.74) is 1.86. The highest BCUT2D eigenvalue weighted by Crippen LogP contribution is 2.26. The van der Waals surface area contributed by atoms with Gasteiger partial charge < -0.3 is 14.2 Å².